The van der Waals surface area contributed by atoms with E-state index < -0.39 is 23.9 Å². The van der Waals surface area contributed by atoms with E-state index in [1.54, 1.807) is 13.0 Å². The average molecular weight is 396 g/mol. The summed E-state index contributed by atoms with van der Waals surface area (Å²) in [5.74, 6) is -1.50. The SMILES string of the molecule is BC(O)(OCCCNC=O)c1cc(-c2ccc(F)c(OC(F)F)c2)cnc1C. The molecular weight excluding hydrogens is 376 g/mol. The number of pyridine rings is 1. The van der Waals surface area contributed by atoms with Gasteiger partial charge in [-0.1, -0.05) is 6.07 Å². The summed E-state index contributed by atoms with van der Waals surface area (Å²) in [4.78, 5) is 14.4. The standard InChI is InChI=1S/C18H20BF3N2O4/c1-11-14(18(19,26)27-6-2-5-23-10-25)7-13(9-24-11)12-3-4-15(20)16(8-12)28-17(21)22/h3-4,7-10,17,26H,2,5-6,19H2,1H3,(H,23,25). The van der Waals surface area contributed by atoms with Crippen LogP contribution in [0.2, 0.25) is 0 Å². The summed E-state index contributed by atoms with van der Waals surface area (Å²) in [5.41, 5.74) is 0.0549. The molecule has 1 amide bonds. The van der Waals surface area contributed by atoms with Crippen LogP contribution >= 0.6 is 0 Å². The predicted molar refractivity (Wildman–Crippen MR) is 98.1 cm³/mol. The van der Waals surface area contributed by atoms with Crippen LogP contribution in [0, 0.1) is 12.7 Å². The van der Waals surface area contributed by atoms with Crippen molar-refractivity contribution in [2.45, 2.75) is 25.6 Å². The van der Waals surface area contributed by atoms with Gasteiger partial charge >= 0.3 is 6.61 Å². The van der Waals surface area contributed by atoms with Crippen molar-refractivity contribution in [2.24, 2.45) is 0 Å². The molecule has 0 fully saturated rings. The second-order valence-corrected chi connectivity index (χ2v) is 6.14. The van der Waals surface area contributed by atoms with Crippen molar-refractivity contribution in [3.63, 3.8) is 0 Å². The van der Waals surface area contributed by atoms with E-state index in [1.807, 2.05) is 0 Å². The van der Waals surface area contributed by atoms with Crippen LogP contribution in [0.4, 0.5) is 13.2 Å². The van der Waals surface area contributed by atoms with Crippen LogP contribution in [0.25, 0.3) is 11.1 Å². The van der Waals surface area contributed by atoms with Gasteiger partial charge in [-0.3, -0.25) is 9.78 Å². The van der Waals surface area contributed by atoms with E-state index >= 15 is 0 Å². The Labute approximate surface area is 161 Å². The Morgan fingerprint density at radius 3 is 2.79 bits per heavy atom. The molecule has 0 aliphatic rings. The lowest BCUT2D eigenvalue weighted by Crippen LogP contribution is -2.32. The zero-order valence-electron chi connectivity index (χ0n) is 15.4. The first kappa shape index (κ1) is 21.7. The third-order valence-electron chi connectivity index (χ3n) is 4.00. The minimum Gasteiger partial charge on any atom is -0.432 e. The largest absolute Gasteiger partial charge is 0.432 e. The highest BCUT2D eigenvalue weighted by molar-refractivity contribution is 6.13. The zero-order valence-corrected chi connectivity index (χ0v) is 15.4. The summed E-state index contributed by atoms with van der Waals surface area (Å²) in [6, 6.07) is 5.13. The van der Waals surface area contributed by atoms with Gasteiger partial charge in [0.2, 0.25) is 6.41 Å². The van der Waals surface area contributed by atoms with Crippen LogP contribution < -0.4 is 10.1 Å². The van der Waals surface area contributed by atoms with Gasteiger partial charge in [-0.2, -0.15) is 8.78 Å². The lowest BCUT2D eigenvalue weighted by molar-refractivity contribution is -0.146. The fraction of sp³-hybridized carbons (Fsp3) is 0.333. The summed E-state index contributed by atoms with van der Waals surface area (Å²) < 4.78 is 48.2. The molecule has 0 radical (unpaired) electrons. The van der Waals surface area contributed by atoms with Gasteiger partial charge in [-0.15, -0.1) is 0 Å². The number of nitrogens with one attached hydrogen (secondary N) is 1. The lowest BCUT2D eigenvalue weighted by atomic mass is 9.85. The molecule has 1 aromatic carbocycles. The molecule has 6 nitrogen and oxygen atoms in total. The second-order valence-electron chi connectivity index (χ2n) is 6.14. The second kappa shape index (κ2) is 9.56. The smallest absolute Gasteiger partial charge is 0.387 e. The van der Waals surface area contributed by atoms with Gasteiger partial charge < -0.3 is 19.9 Å². The van der Waals surface area contributed by atoms with Crippen molar-refractivity contribution in [1.82, 2.24) is 10.3 Å². The molecule has 1 heterocycles. The number of rotatable bonds is 10. The van der Waals surface area contributed by atoms with Gasteiger partial charge in [0, 0.05) is 29.6 Å². The molecular formula is C18H20BF3N2O4. The van der Waals surface area contributed by atoms with E-state index in [1.165, 1.54) is 20.1 Å². The first-order chi connectivity index (χ1) is 13.2. The highest BCUT2D eigenvalue weighted by Gasteiger charge is 2.27. The topological polar surface area (TPSA) is 80.7 Å². The van der Waals surface area contributed by atoms with Crippen molar-refractivity contribution < 1.29 is 32.5 Å². The highest BCUT2D eigenvalue weighted by atomic mass is 19.3. The normalized spacial score (nSPS) is 13.2. The van der Waals surface area contributed by atoms with Gasteiger partial charge in [0.25, 0.3) is 0 Å². The number of ether oxygens (including phenoxy) is 2. The maximum atomic E-state index is 13.6. The van der Waals surface area contributed by atoms with Crippen LogP contribution in [0.1, 0.15) is 17.7 Å². The van der Waals surface area contributed by atoms with E-state index in [-0.39, 0.29) is 6.61 Å². The third-order valence-corrected chi connectivity index (χ3v) is 4.00. The Kier molecular flexibility index (Phi) is 7.41. The van der Waals surface area contributed by atoms with Crippen molar-refractivity contribution in [1.29, 1.82) is 0 Å². The fourth-order valence-corrected chi connectivity index (χ4v) is 2.61. The number of carbonyl (C=O) groups is 1. The summed E-state index contributed by atoms with van der Waals surface area (Å²) in [5, 5.41) is 13.2. The number of carbonyl (C=O) groups excluding carboxylic acids is 1. The molecule has 1 atom stereocenters. The number of halogens is 3. The van der Waals surface area contributed by atoms with Crippen LogP contribution in [0.5, 0.6) is 5.75 Å². The van der Waals surface area contributed by atoms with E-state index in [9.17, 15) is 23.1 Å². The summed E-state index contributed by atoms with van der Waals surface area (Å²) >= 11 is 0. The first-order valence-corrected chi connectivity index (χ1v) is 8.50. The van der Waals surface area contributed by atoms with Crippen molar-refractivity contribution in [3.8, 4) is 16.9 Å². The molecule has 0 aliphatic carbocycles. The van der Waals surface area contributed by atoms with Crippen molar-refractivity contribution >= 4 is 14.3 Å². The molecule has 0 aliphatic heterocycles. The zero-order chi connectivity index (χ0) is 20.7. The number of aryl methyl sites for hydroxylation is 1. The molecule has 1 unspecified atom stereocenters. The van der Waals surface area contributed by atoms with E-state index in [4.69, 9.17) is 4.74 Å². The molecule has 0 bridgehead atoms. The molecule has 28 heavy (non-hydrogen) atoms. The Morgan fingerprint density at radius 1 is 1.36 bits per heavy atom. The van der Waals surface area contributed by atoms with Gasteiger partial charge in [-0.05, 0) is 37.1 Å². The number of aromatic nitrogens is 1. The predicted octanol–water partition coefficient (Wildman–Crippen LogP) is 1.69. The van der Waals surface area contributed by atoms with E-state index in [0.29, 0.717) is 41.8 Å². The summed E-state index contributed by atoms with van der Waals surface area (Å²) in [6.07, 6.45) is 2.54. The number of benzene rings is 1. The Balaban J connectivity index is 2.26. The minimum absolute atomic E-state index is 0.181. The molecule has 2 rings (SSSR count). The van der Waals surface area contributed by atoms with Crippen LogP contribution in [0.15, 0.2) is 30.5 Å². The molecule has 150 valence electrons. The minimum atomic E-state index is -3.15. The first-order valence-electron chi connectivity index (χ1n) is 8.50. The molecule has 10 heteroatoms. The number of hydrogen-bond donors (Lipinski definition) is 2. The maximum absolute atomic E-state index is 13.6. The molecule has 0 saturated heterocycles. The van der Waals surface area contributed by atoms with Crippen LogP contribution in [-0.4, -0.2) is 44.1 Å². The van der Waals surface area contributed by atoms with E-state index in [0.717, 1.165) is 12.1 Å². The number of nitrogens with zero attached hydrogens (tertiary/aromatic N) is 1. The molecule has 1 aromatic heterocycles. The number of hydrogen-bond acceptors (Lipinski definition) is 5. The Hall–Kier alpha value is -2.59. The van der Waals surface area contributed by atoms with Crippen molar-refractivity contribution in [2.75, 3.05) is 13.2 Å². The fourth-order valence-electron chi connectivity index (χ4n) is 2.61. The van der Waals surface area contributed by atoms with Gasteiger partial charge in [0.15, 0.2) is 25.1 Å². The molecule has 0 saturated carbocycles. The van der Waals surface area contributed by atoms with Gasteiger partial charge in [0.1, 0.15) is 0 Å². The lowest BCUT2D eigenvalue weighted by Gasteiger charge is -2.26. The van der Waals surface area contributed by atoms with Crippen LogP contribution in [0.3, 0.4) is 0 Å². The quantitative estimate of drug-likeness (QED) is 0.277. The van der Waals surface area contributed by atoms with E-state index in [2.05, 4.69) is 15.0 Å². The van der Waals surface area contributed by atoms with Crippen molar-refractivity contribution in [3.05, 3.63) is 47.5 Å². The third kappa shape index (κ3) is 5.70. The average Bonchev–Trinajstić information content (AvgIpc) is 2.63. The highest BCUT2D eigenvalue weighted by Crippen LogP contribution is 2.31. The number of aliphatic hydroxyl groups is 1. The maximum Gasteiger partial charge on any atom is 0.387 e. The van der Waals surface area contributed by atoms with Crippen LogP contribution in [-0.2, 0) is 15.2 Å². The van der Waals surface area contributed by atoms with Gasteiger partial charge in [0.05, 0.1) is 6.61 Å². The molecule has 2 aromatic rings. The Bertz CT molecular complexity index is 821. The number of alkyl halides is 2. The molecule has 0 spiro atoms. The molecule has 2 N–H and O–H groups in total. The summed E-state index contributed by atoms with van der Waals surface area (Å²) in [6.45, 7) is -0.889. The number of amides is 1. The van der Waals surface area contributed by atoms with Gasteiger partial charge in [-0.25, -0.2) is 4.39 Å². The summed E-state index contributed by atoms with van der Waals surface area (Å²) in [7, 11) is 1.45. The monoisotopic (exact) mass is 396 g/mol. The Morgan fingerprint density at radius 2 is 2.11 bits per heavy atom.